The highest BCUT2D eigenvalue weighted by atomic mass is 32.2. The number of para-hydroxylation sites is 2. The van der Waals surface area contributed by atoms with Crippen molar-refractivity contribution in [3.05, 3.63) is 59.7 Å². The minimum atomic E-state index is -4.16. The number of carbonyl (C=O) groups excluding carboxylic acids is 1. The van der Waals surface area contributed by atoms with E-state index in [0.29, 0.717) is 0 Å². The van der Waals surface area contributed by atoms with Gasteiger partial charge in [0.25, 0.3) is 10.1 Å². The van der Waals surface area contributed by atoms with Crippen LogP contribution in [-0.4, -0.2) is 31.3 Å². The van der Waals surface area contributed by atoms with Gasteiger partial charge in [-0.1, -0.05) is 36.4 Å². The molecule has 0 amide bonds. The smallest absolute Gasteiger partial charge is 0.318 e. The summed E-state index contributed by atoms with van der Waals surface area (Å²) < 4.78 is 35.3. The zero-order chi connectivity index (χ0) is 16.4. The first-order chi connectivity index (χ1) is 11.0. The Morgan fingerprint density at radius 1 is 1.04 bits per heavy atom. The van der Waals surface area contributed by atoms with Gasteiger partial charge >= 0.3 is 5.97 Å². The van der Waals surface area contributed by atoms with E-state index in [1.807, 2.05) is 48.5 Å². The first-order valence-corrected chi connectivity index (χ1v) is 8.63. The molecule has 0 saturated carbocycles. The molecule has 0 unspecified atom stereocenters. The van der Waals surface area contributed by atoms with Crippen molar-refractivity contribution in [2.45, 2.75) is 5.92 Å². The maximum Gasteiger partial charge on any atom is 0.318 e. The van der Waals surface area contributed by atoms with Gasteiger partial charge in [-0.15, -0.1) is 0 Å². The molecule has 1 aliphatic rings. The van der Waals surface area contributed by atoms with Crippen molar-refractivity contribution in [3.8, 4) is 0 Å². The number of rotatable bonds is 4. The van der Waals surface area contributed by atoms with E-state index < -0.39 is 27.8 Å². The first-order valence-electron chi connectivity index (χ1n) is 7.02. The first kappa shape index (κ1) is 15.5. The number of hydrogen-bond acceptors (Lipinski definition) is 5. The number of anilines is 2. The zero-order valence-corrected chi connectivity index (χ0v) is 12.9. The summed E-state index contributed by atoms with van der Waals surface area (Å²) in [4.78, 5) is 12.5. The lowest BCUT2D eigenvalue weighted by molar-refractivity contribution is -0.143. The summed E-state index contributed by atoms with van der Waals surface area (Å²) in [6.07, 6.45) is 0. The molecule has 0 aromatic heterocycles. The molecule has 0 radical (unpaired) electrons. The molecule has 7 heteroatoms. The number of benzene rings is 2. The third-order valence-electron chi connectivity index (χ3n) is 3.63. The number of nitrogens with one attached hydrogen (secondary N) is 1. The van der Waals surface area contributed by atoms with E-state index in [4.69, 9.17) is 9.29 Å². The van der Waals surface area contributed by atoms with Crippen LogP contribution in [0.2, 0.25) is 0 Å². The number of esters is 1. The average Bonchev–Trinajstić information content (AvgIpc) is 2.51. The van der Waals surface area contributed by atoms with Crippen molar-refractivity contribution < 1.29 is 22.5 Å². The van der Waals surface area contributed by atoms with Gasteiger partial charge in [-0.2, -0.15) is 8.42 Å². The lowest BCUT2D eigenvalue weighted by Crippen LogP contribution is -2.24. The Bertz CT molecular complexity index is 802. The SMILES string of the molecule is O=C(OCCS(=O)(=O)O)C1c2ccccc2Nc2ccccc21. The Balaban J connectivity index is 1.90. The molecule has 0 spiro atoms. The minimum absolute atomic E-state index is 0.383. The third-order valence-corrected chi connectivity index (χ3v) is 4.32. The monoisotopic (exact) mass is 333 g/mol. The topological polar surface area (TPSA) is 92.7 Å². The van der Waals surface area contributed by atoms with Gasteiger partial charge in [-0.05, 0) is 23.3 Å². The van der Waals surface area contributed by atoms with Crippen molar-refractivity contribution >= 4 is 27.5 Å². The van der Waals surface area contributed by atoms with E-state index in [1.54, 1.807) is 0 Å². The number of ether oxygens (including phenoxy) is 1. The second-order valence-corrected chi connectivity index (χ2v) is 6.76. The van der Waals surface area contributed by atoms with Crippen LogP contribution < -0.4 is 5.32 Å². The van der Waals surface area contributed by atoms with Crippen molar-refractivity contribution in [3.63, 3.8) is 0 Å². The standard InChI is InChI=1S/C16H15NO5S/c18-16(22-9-10-23(19,20)21)15-11-5-1-3-7-13(11)17-14-8-4-2-6-12(14)15/h1-8,15,17H,9-10H2,(H,19,20,21). The Kier molecular flexibility index (Phi) is 4.06. The van der Waals surface area contributed by atoms with Crippen LogP contribution in [0.3, 0.4) is 0 Å². The van der Waals surface area contributed by atoms with Gasteiger partial charge < -0.3 is 10.1 Å². The maximum absolute atomic E-state index is 12.5. The second kappa shape index (κ2) is 6.02. The molecule has 2 aromatic carbocycles. The molecule has 0 fully saturated rings. The highest BCUT2D eigenvalue weighted by Gasteiger charge is 2.32. The van der Waals surface area contributed by atoms with Crippen LogP contribution >= 0.6 is 0 Å². The van der Waals surface area contributed by atoms with Gasteiger partial charge in [0.05, 0.1) is 0 Å². The summed E-state index contributed by atoms with van der Waals surface area (Å²) >= 11 is 0. The molecule has 2 aromatic rings. The molecular formula is C16H15NO5S. The summed E-state index contributed by atoms with van der Waals surface area (Å²) in [5.41, 5.74) is 3.15. The highest BCUT2D eigenvalue weighted by molar-refractivity contribution is 7.85. The summed E-state index contributed by atoms with van der Waals surface area (Å²) in [5, 5.41) is 3.26. The van der Waals surface area contributed by atoms with Gasteiger partial charge in [0.2, 0.25) is 0 Å². The quantitative estimate of drug-likeness (QED) is 0.659. The van der Waals surface area contributed by atoms with Crippen molar-refractivity contribution in [2.75, 3.05) is 17.7 Å². The summed E-state index contributed by atoms with van der Waals surface area (Å²) in [7, 11) is -4.16. The Morgan fingerprint density at radius 3 is 2.09 bits per heavy atom. The lowest BCUT2D eigenvalue weighted by atomic mass is 9.86. The molecule has 0 saturated heterocycles. The van der Waals surface area contributed by atoms with Gasteiger partial charge in [-0.25, -0.2) is 0 Å². The largest absolute Gasteiger partial charge is 0.464 e. The van der Waals surface area contributed by atoms with Crippen LogP contribution in [0.4, 0.5) is 11.4 Å². The Labute approximate surface area is 133 Å². The van der Waals surface area contributed by atoms with Gasteiger partial charge in [0.1, 0.15) is 18.3 Å². The van der Waals surface area contributed by atoms with E-state index in [2.05, 4.69) is 5.32 Å². The van der Waals surface area contributed by atoms with Gasteiger partial charge in [0, 0.05) is 11.4 Å². The van der Waals surface area contributed by atoms with Gasteiger partial charge in [-0.3, -0.25) is 9.35 Å². The molecule has 0 atom stereocenters. The Morgan fingerprint density at radius 2 is 1.57 bits per heavy atom. The normalized spacial score (nSPS) is 13.6. The number of carbonyl (C=O) groups is 1. The van der Waals surface area contributed by atoms with E-state index in [1.165, 1.54) is 0 Å². The van der Waals surface area contributed by atoms with E-state index in [0.717, 1.165) is 22.5 Å². The molecule has 6 nitrogen and oxygen atoms in total. The summed E-state index contributed by atoms with van der Waals surface area (Å²) in [6.45, 7) is -0.383. The molecule has 2 N–H and O–H groups in total. The molecule has 120 valence electrons. The molecule has 3 rings (SSSR count). The van der Waals surface area contributed by atoms with Crippen LogP contribution in [0.25, 0.3) is 0 Å². The van der Waals surface area contributed by atoms with E-state index in [9.17, 15) is 13.2 Å². The Hall–Kier alpha value is -2.38. The molecule has 0 bridgehead atoms. The van der Waals surface area contributed by atoms with E-state index in [-0.39, 0.29) is 6.61 Å². The molecular weight excluding hydrogens is 318 g/mol. The predicted molar refractivity (Wildman–Crippen MR) is 85.4 cm³/mol. The van der Waals surface area contributed by atoms with Crippen molar-refractivity contribution in [2.24, 2.45) is 0 Å². The average molecular weight is 333 g/mol. The fraction of sp³-hybridized carbons (Fsp3) is 0.188. The van der Waals surface area contributed by atoms with Gasteiger partial charge in [0.15, 0.2) is 0 Å². The van der Waals surface area contributed by atoms with Crippen LogP contribution in [0.5, 0.6) is 0 Å². The fourth-order valence-electron chi connectivity index (χ4n) is 2.62. The maximum atomic E-state index is 12.5. The minimum Gasteiger partial charge on any atom is -0.464 e. The number of fused-ring (bicyclic) bond motifs is 2. The molecule has 23 heavy (non-hydrogen) atoms. The number of hydrogen-bond donors (Lipinski definition) is 2. The molecule has 1 aliphatic heterocycles. The zero-order valence-electron chi connectivity index (χ0n) is 12.1. The lowest BCUT2D eigenvalue weighted by Gasteiger charge is -2.27. The van der Waals surface area contributed by atoms with Crippen LogP contribution in [-0.2, 0) is 19.6 Å². The van der Waals surface area contributed by atoms with Crippen LogP contribution in [0.15, 0.2) is 48.5 Å². The van der Waals surface area contributed by atoms with Crippen molar-refractivity contribution in [1.29, 1.82) is 0 Å². The highest BCUT2D eigenvalue weighted by Crippen LogP contribution is 2.41. The second-order valence-electron chi connectivity index (χ2n) is 5.19. The summed E-state index contributed by atoms with van der Waals surface area (Å²) in [6, 6.07) is 14.8. The van der Waals surface area contributed by atoms with Crippen molar-refractivity contribution in [1.82, 2.24) is 0 Å². The molecule has 1 heterocycles. The predicted octanol–water partition coefficient (Wildman–Crippen LogP) is 2.31. The summed E-state index contributed by atoms with van der Waals surface area (Å²) in [5.74, 6) is -1.80. The van der Waals surface area contributed by atoms with Crippen LogP contribution in [0, 0.1) is 0 Å². The molecule has 0 aliphatic carbocycles. The van der Waals surface area contributed by atoms with E-state index >= 15 is 0 Å². The van der Waals surface area contributed by atoms with Crippen LogP contribution in [0.1, 0.15) is 17.0 Å². The fourth-order valence-corrected chi connectivity index (χ4v) is 2.92. The third kappa shape index (κ3) is 3.35.